The molecule has 144 heavy (non-hydrogen) atoms. The zero-order valence-corrected chi connectivity index (χ0v) is 92.8. The molecule has 26 fully saturated rings. The van der Waals surface area contributed by atoms with Gasteiger partial charge >= 0.3 is 71.6 Å². The van der Waals surface area contributed by atoms with E-state index in [1.165, 1.54) is 222 Å². The minimum atomic E-state index is -0.311. The summed E-state index contributed by atoms with van der Waals surface area (Å²) in [4.78, 5) is 133. The minimum Gasteiger partial charge on any atom is -0.469 e. The molecule has 26 aliphatic rings. The smallest absolute Gasteiger partial charge is 0.312 e. The molecule has 24 heteroatoms. The maximum absolute atomic E-state index is 12.2. The predicted octanol–water partition coefficient (Wildman–Crippen LogP) is 23.6. The van der Waals surface area contributed by atoms with Gasteiger partial charge < -0.3 is 56.8 Å². The van der Waals surface area contributed by atoms with Gasteiger partial charge in [0.2, 0.25) is 0 Å². The van der Waals surface area contributed by atoms with Gasteiger partial charge in [0.05, 0.1) is 101 Å². The molecule has 20 aliphatic carbocycles. The van der Waals surface area contributed by atoms with Crippen molar-refractivity contribution in [3.8, 4) is 0 Å². The summed E-state index contributed by atoms with van der Waals surface area (Å²) < 4.78 is 60.3. The Morgan fingerprint density at radius 3 is 0.743 bits per heavy atom. The summed E-state index contributed by atoms with van der Waals surface area (Å²) in [5.41, 5.74) is -0.531. The summed E-state index contributed by atoms with van der Waals surface area (Å²) in [6, 6.07) is 0. The van der Waals surface area contributed by atoms with Crippen LogP contribution in [0.25, 0.3) is 0 Å². The number of hydrogen-bond acceptors (Lipinski definition) is 24. The first-order valence-corrected chi connectivity index (χ1v) is 58.4. The highest BCUT2D eigenvalue weighted by atomic mass is 16.6. The zero-order valence-electron chi connectivity index (χ0n) is 92.8. The molecule has 26 rings (SSSR count). The minimum absolute atomic E-state index is 0.00366. The second-order valence-corrected chi connectivity index (χ2v) is 51.4. The normalized spacial score (nSPS) is 42.2. The van der Waals surface area contributed by atoms with Crippen molar-refractivity contribution in [1.29, 1.82) is 0 Å². The van der Waals surface area contributed by atoms with Crippen LogP contribution in [0, 0.1) is 211 Å². The van der Waals surface area contributed by atoms with Gasteiger partial charge in [-0.3, -0.25) is 57.5 Å². The van der Waals surface area contributed by atoms with Gasteiger partial charge in [0.1, 0.15) is 22.4 Å². The number of esters is 12. The monoisotopic (exact) mass is 2020 g/mol. The number of methoxy groups -OCH3 is 6. The molecule has 0 aromatic rings. The molecule has 0 N–H and O–H groups in total. The van der Waals surface area contributed by atoms with Gasteiger partial charge in [0, 0.05) is 37.5 Å². The first kappa shape index (κ1) is 113. The van der Waals surface area contributed by atoms with E-state index in [4.69, 9.17) is 28.4 Å². The van der Waals surface area contributed by atoms with Crippen molar-refractivity contribution in [1.82, 2.24) is 0 Å². The molecule has 0 amide bonds. The molecule has 20 bridgehead atoms. The van der Waals surface area contributed by atoms with Crippen LogP contribution < -0.4 is 0 Å². The molecule has 20 saturated carbocycles. The zero-order chi connectivity index (χ0) is 104. The number of hydrogen-bond donors (Lipinski definition) is 0. The maximum atomic E-state index is 12.2. The number of carbonyl (C=O) groups excluding carboxylic acids is 12. The first-order chi connectivity index (χ1) is 68.7. The highest BCUT2D eigenvalue weighted by molar-refractivity contribution is 5.81. The Morgan fingerprint density at radius 2 is 0.549 bits per heavy atom. The fourth-order valence-corrected chi connectivity index (χ4v) is 36.4. The van der Waals surface area contributed by atoms with Crippen LogP contribution in [0.5, 0.6) is 0 Å². The summed E-state index contributed by atoms with van der Waals surface area (Å²) in [5, 5.41) is 0. The molecule has 6 spiro atoms. The molecule has 6 saturated heterocycles. The van der Waals surface area contributed by atoms with Crippen LogP contribution in [0.15, 0.2) is 0 Å². The molecule has 6 heterocycles. The first-order valence-electron chi connectivity index (χ1n) is 58.4. The topological polar surface area (TPSA) is 316 Å². The number of carbonyl (C=O) groups is 12. The van der Waals surface area contributed by atoms with E-state index in [9.17, 15) is 57.5 Å². The van der Waals surface area contributed by atoms with Crippen LogP contribution in [0.1, 0.15) is 393 Å². The number of cyclic esters (lactones) is 2. The van der Waals surface area contributed by atoms with Gasteiger partial charge in [-0.25, -0.2) is 0 Å². The van der Waals surface area contributed by atoms with E-state index in [0.29, 0.717) is 62.6 Å². The quantitative estimate of drug-likeness (QED) is 0.0995. The average Bonchev–Trinajstić information content (AvgIpc) is 1.57. The lowest BCUT2D eigenvalue weighted by atomic mass is 9.60. The molecule has 0 aromatic heterocycles. The summed E-state index contributed by atoms with van der Waals surface area (Å²) >= 11 is 0. The largest absolute Gasteiger partial charge is 0.469 e. The van der Waals surface area contributed by atoms with E-state index in [1.807, 2.05) is 111 Å². The Hall–Kier alpha value is -6.36. The van der Waals surface area contributed by atoms with Crippen molar-refractivity contribution in [2.45, 2.75) is 416 Å². The molecule has 38 unspecified atom stereocenters. The summed E-state index contributed by atoms with van der Waals surface area (Å²) in [7, 11) is 8.48. The van der Waals surface area contributed by atoms with Crippen molar-refractivity contribution in [2.24, 2.45) is 211 Å². The van der Waals surface area contributed by atoms with Gasteiger partial charge in [-0.1, -0.05) is 83.1 Å². The van der Waals surface area contributed by atoms with Gasteiger partial charge in [-0.05, 0) is 438 Å². The molecule has 0 aromatic carbocycles. The second-order valence-electron chi connectivity index (χ2n) is 51.4. The Bertz CT molecular complexity index is 4160. The van der Waals surface area contributed by atoms with Crippen LogP contribution in [-0.4, -0.2) is 150 Å². The lowest BCUT2D eigenvalue weighted by Gasteiger charge is -2.43. The third kappa shape index (κ3) is 22.1. The van der Waals surface area contributed by atoms with Crippen LogP contribution in [0.2, 0.25) is 0 Å². The Kier molecular flexibility index (Phi) is 36.8. The van der Waals surface area contributed by atoms with Crippen molar-refractivity contribution in [2.75, 3.05) is 55.9 Å². The van der Waals surface area contributed by atoms with Crippen molar-refractivity contribution < 1.29 is 114 Å². The predicted molar refractivity (Wildman–Crippen MR) is 545 cm³/mol. The molecule has 814 valence electrons. The number of fused-ring (bicyclic) bond motifs is 46. The highest BCUT2D eigenvalue weighted by Gasteiger charge is 2.75. The van der Waals surface area contributed by atoms with Gasteiger partial charge in [-0.2, -0.15) is 0 Å². The number of rotatable bonds is 12. The van der Waals surface area contributed by atoms with Crippen molar-refractivity contribution in [3.63, 3.8) is 0 Å². The SMILES string of the molecule is CC.CCC(C)(C)C(=O)OC.CCC(C)(C)C(=O)OC.CCC(C)C(=O)OC.CCC(C)C(=O)OC.CCC(C)C(=O)OC.CCC(C)C(=O)OC.O=C1CCC2(CC3CC2C2C4CCC(C4)C32)O1.O=C1CCC2(CC3CC2C2C4CCC(C4)C32)O1.O=C1CCC2(CC3CCC2C3)O1.O=C1CCC2(CC3CCC2C3)O1.O=C1OCCC12CC1CC2C2C3CCC(C3)C12.O=C1OCCC12CC1CC2C2C3CCC(C3)C12. The molecule has 24 nitrogen and oxygen atoms in total. The van der Waals surface area contributed by atoms with E-state index in [0.717, 1.165) is 219 Å². The third-order valence-corrected chi connectivity index (χ3v) is 44.3. The Morgan fingerprint density at radius 1 is 0.299 bits per heavy atom. The Labute approximate surface area is 863 Å². The molecular weight excluding hydrogens is 1830 g/mol. The van der Waals surface area contributed by atoms with Crippen LogP contribution in [0.4, 0.5) is 0 Å². The highest BCUT2D eigenvalue weighted by Crippen LogP contribution is 2.77. The maximum Gasteiger partial charge on any atom is 0.312 e. The lowest BCUT2D eigenvalue weighted by molar-refractivity contribution is -0.157. The fourth-order valence-electron chi connectivity index (χ4n) is 36.4. The van der Waals surface area contributed by atoms with Gasteiger partial charge in [-0.15, -0.1) is 0 Å². The fraction of sp³-hybridized carbons (Fsp3) is 0.900. The van der Waals surface area contributed by atoms with Gasteiger partial charge in [0.15, 0.2) is 0 Å². The van der Waals surface area contributed by atoms with Crippen LogP contribution in [0.3, 0.4) is 0 Å². The second kappa shape index (κ2) is 46.9. The Balaban J connectivity index is 0.000000126. The van der Waals surface area contributed by atoms with Crippen LogP contribution >= 0.6 is 0 Å². The molecule has 0 radical (unpaired) electrons. The third-order valence-electron chi connectivity index (χ3n) is 44.3. The van der Waals surface area contributed by atoms with E-state index >= 15 is 0 Å². The summed E-state index contributed by atoms with van der Waals surface area (Å²) in [6.07, 6.45) is 52.4. The average molecular weight is 2020 g/mol. The van der Waals surface area contributed by atoms with Crippen molar-refractivity contribution >= 4 is 71.6 Å². The molecule has 38 atom stereocenters. The van der Waals surface area contributed by atoms with Gasteiger partial charge in [0.25, 0.3) is 0 Å². The standard InChI is InChI=1S/4C15H20O2.2C10H14O2.2C7H14O2.4C6H12O2.C2H6/c2*16-14-15(3-4-17-14)7-10-6-11(15)13-9-2-1-8(5-9)12(10)13;2*16-12-3-4-15(17-12)7-10-6-11(15)14-9-2-1-8(5-9)13(10)14;2*11-9-3-4-10(12-9)6-7-1-2-8(10)5-7;2*1-5-7(2,3)6(8)9-4;4*1-4-5(2)6(7)8-3;1-2/h2*8-13H,1-7H2;2*8-11,13-14H,1-7H2;2*7-8H,1-6H2;2*5H2,1-4H3;4*5H,4H2,1-3H3;1-2H3. The van der Waals surface area contributed by atoms with Crippen LogP contribution in [-0.2, 0) is 114 Å². The van der Waals surface area contributed by atoms with E-state index in [-0.39, 0.29) is 139 Å². The molecule has 6 aliphatic heterocycles. The summed E-state index contributed by atoms with van der Waals surface area (Å²) in [6.45, 7) is 32.1. The van der Waals surface area contributed by atoms with Crippen molar-refractivity contribution in [3.05, 3.63) is 0 Å². The number of ether oxygens (including phenoxy) is 12. The van der Waals surface area contributed by atoms with E-state index in [1.54, 1.807) is 0 Å². The van der Waals surface area contributed by atoms with E-state index < -0.39 is 0 Å². The lowest BCUT2D eigenvalue weighted by Crippen LogP contribution is -2.44. The summed E-state index contributed by atoms with van der Waals surface area (Å²) in [5.74, 6) is 25.7. The molecular formula is C120H190O24. The van der Waals surface area contributed by atoms with E-state index in [2.05, 4.69) is 28.4 Å².